The van der Waals surface area contributed by atoms with Gasteiger partial charge in [0.05, 0.1) is 5.70 Å². The van der Waals surface area contributed by atoms with Gasteiger partial charge in [0.1, 0.15) is 0 Å². The summed E-state index contributed by atoms with van der Waals surface area (Å²) in [6, 6.07) is 0.435. The number of aliphatic imine (C=N–C) groups is 1. The second kappa shape index (κ2) is 5.30. The van der Waals surface area contributed by atoms with E-state index >= 15 is 0 Å². The lowest BCUT2D eigenvalue weighted by molar-refractivity contribution is 0.482. The highest BCUT2D eigenvalue weighted by Crippen LogP contribution is 2.31. The van der Waals surface area contributed by atoms with Gasteiger partial charge in [0.2, 0.25) is 0 Å². The summed E-state index contributed by atoms with van der Waals surface area (Å²) in [5, 5.41) is 3.32. The fourth-order valence-corrected chi connectivity index (χ4v) is 2.22. The Hall–Kier alpha value is -0.630. The summed E-state index contributed by atoms with van der Waals surface area (Å²) >= 11 is 0. The van der Waals surface area contributed by atoms with Crippen LogP contribution in [0, 0.1) is 5.92 Å². The molecule has 0 heterocycles. The molecule has 0 saturated carbocycles. The summed E-state index contributed by atoms with van der Waals surface area (Å²) in [6.07, 6.45) is 4.89. The van der Waals surface area contributed by atoms with Gasteiger partial charge >= 0.3 is 0 Å². The van der Waals surface area contributed by atoms with Crippen molar-refractivity contribution in [1.29, 1.82) is 0 Å². The maximum Gasteiger partial charge on any atom is 0.0560 e. The summed E-state index contributed by atoms with van der Waals surface area (Å²) in [5.41, 5.74) is 2.74. The first kappa shape index (κ1) is 11.4. The number of rotatable bonds is 4. The van der Waals surface area contributed by atoms with Crippen LogP contribution in [0.25, 0.3) is 0 Å². The normalized spacial score (nSPS) is 24.9. The fraction of sp³-hybridized carbons (Fsp3) is 0.750. The van der Waals surface area contributed by atoms with E-state index in [0.29, 0.717) is 12.0 Å². The van der Waals surface area contributed by atoms with Crippen LogP contribution in [0.15, 0.2) is 16.3 Å². The van der Waals surface area contributed by atoms with Crippen molar-refractivity contribution in [2.75, 3.05) is 7.05 Å². The van der Waals surface area contributed by atoms with Gasteiger partial charge in [-0.1, -0.05) is 13.8 Å². The molecule has 2 atom stereocenters. The van der Waals surface area contributed by atoms with Crippen LogP contribution >= 0.6 is 0 Å². The van der Waals surface area contributed by atoms with Crippen LogP contribution < -0.4 is 5.32 Å². The number of nitrogens with zero attached hydrogens (tertiary/aromatic N) is 1. The Labute approximate surface area is 87.5 Å². The standard InChI is InChI=1S/C12H22N2/c1-5-9(2)10-7-6-8-11(13-3)12(10)14-4/h9,11,13H,4-8H2,1-3H3/t9-,11-/m0/s1. The topological polar surface area (TPSA) is 24.4 Å². The largest absolute Gasteiger partial charge is 0.312 e. The zero-order valence-corrected chi connectivity index (χ0v) is 9.64. The monoisotopic (exact) mass is 194 g/mol. The number of hydrogen-bond acceptors (Lipinski definition) is 2. The van der Waals surface area contributed by atoms with E-state index < -0.39 is 0 Å². The Kier molecular flexibility index (Phi) is 4.33. The molecule has 0 aliphatic heterocycles. The number of likely N-dealkylation sites (N-methyl/N-ethyl adjacent to an activating group) is 1. The first-order chi connectivity index (χ1) is 6.74. The Balaban J connectivity index is 2.94. The average molecular weight is 194 g/mol. The predicted molar refractivity (Wildman–Crippen MR) is 62.7 cm³/mol. The molecule has 0 aromatic carbocycles. The third-order valence-corrected chi connectivity index (χ3v) is 3.32. The maximum atomic E-state index is 4.22. The van der Waals surface area contributed by atoms with E-state index in [1.165, 1.54) is 37.0 Å². The molecule has 0 radical (unpaired) electrons. The lowest BCUT2D eigenvalue weighted by Crippen LogP contribution is -2.31. The van der Waals surface area contributed by atoms with E-state index in [9.17, 15) is 0 Å². The van der Waals surface area contributed by atoms with Crippen molar-refractivity contribution in [2.45, 2.75) is 45.6 Å². The van der Waals surface area contributed by atoms with Gasteiger partial charge in [-0.25, -0.2) is 0 Å². The molecule has 0 bridgehead atoms. The highest BCUT2D eigenvalue weighted by atomic mass is 14.9. The van der Waals surface area contributed by atoms with E-state index in [1.54, 1.807) is 0 Å². The summed E-state index contributed by atoms with van der Waals surface area (Å²) < 4.78 is 0. The fourth-order valence-electron chi connectivity index (χ4n) is 2.22. The Morgan fingerprint density at radius 3 is 2.86 bits per heavy atom. The van der Waals surface area contributed by atoms with E-state index in [2.05, 4.69) is 30.9 Å². The van der Waals surface area contributed by atoms with E-state index in [-0.39, 0.29) is 0 Å². The third-order valence-electron chi connectivity index (χ3n) is 3.32. The van der Waals surface area contributed by atoms with E-state index in [1.807, 2.05) is 7.05 Å². The molecule has 80 valence electrons. The zero-order valence-electron chi connectivity index (χ0n) is 9.64. The van der Waals surface area contributed by atoms with Crippen LogP contribution in [0.4, 0.5) is 0 Å². The molecule has 0 unspecified atom stereocenters. The summed E-state index contributed by atoms with van der Waals surface area (Å²) in [5.74, 6) is 0.659. The van der Waals surface area contributed by atoms with Crippen molar-refractivity contribution in [1.82, 2.24) is 5.32 Å². The van der Waals surface area contributed by atoms with Gasteiger partial charge in [-0.05, 0) is 50.9 Å². The molecule has 1 N–H and O–H groups in total. The Morgan fingerprint density at radius 1 is 1.64 bits per heavy atom. The quantitative estimate of drug-likeness (QED) is 0.684. The van der Waals surface area contributed by atoms with Gasteiger partial charge in [0, 0.05) is 6.04 Å². The van der Waals surface area contributed by atoms with Gasteiger partial charge in [-0.2, -0.15) is 0 Å². The Bertz CT molecular complexity index is 230. The molecule has 2 nitrogen and oxygen atoms in total. The zero-order chi connectivity index (χ0) is 10.6. The number of hydrogen-bond donors (Lipinski definition) is 1. The minimum atomic E-state index is 0.435. The highest BCUT2D eigenvalue weighted by molar-refractivity contribution is 5.35. The summed E-state index contributed by atoms with van der Waals surface area (Å²) in [4.78, 5) is 4.22. The summed E-state index contributed by atoms with van der Waals surface area (Å²) in [6.45, 7) is 8.23. The first-order valence-electron chi connectivity index (χ1n) is 5.61. The molecule has 0 spiro atoms. The van der Waals surface area contributed by atoms with E-state index in [4.69, 9.17) is 0 Å². The molecule has 0 aromatic heterocycles. The minimum Gasteiger partial charge on any atom is -0.312 e. The van der Waals surface area contributed by atoms with Crippen LogP contribution in [0.3, 0.4) is 0 Å². The van der Waals surface area contributed by atoms with Crippen molar-refractivity contribution in [3.05, 3.63) is 11.3 Å². The third kappa shape index (κ3) is 2.24. The van der Waals surface area contributed by atoms with Gasteiger partial charge in [-0.15, -0.1) is 0 Å². The van der Waals surface area contributed by atoms with Crippen LogP contribution in [0.1, 0.15) is 39.5 Å². The van der Waals surface area contributed by atoms with Gasteiger partial charge in [0.25, 0.3) is 0 Å². The molecule has 0 amide bonds. The minimum absolute atomic E-state index is 0.435. The molecule has 1 rings (SSSR count). The van der Waals surface area contributed by atoms with Crippen LogP contribution in [-0.2, 0) is 0 Å². The van der Waals surface area contributed by atoms with E-state index in [0.717, 1.165) is 0 Å². The van der Waals surface area contributed by atoms with Crippen molar-refractivity contribution in [2.24, 2.45) is 10.9 Å². The van der Waals surface area contributed by atoms with Crippen molar-refractivity contribution in [3.8, 4) is 0 Å². The molecule has 14 heavy (non-hydrogen) atoms. The molecular weight excluding hydrogens is 172 g/mol. The average Bonchev–Trinajstić information content (AvgIpc) is 2.26. The van der Waals surface area contributed by atoms with Crippen molar-refractivity contribution < 1.29 is 0 Å². The van der Waals surface area contributed by atoms with Crippen molar-refractivity contribution >= 4 is 6.72 Å². The molecule has 2 heteroatoms. The van der Waals surface area contributed by atoms with Gasteiger partial charge in [0.15, 0.2) is 0 Å². The highest BCUT2D eigenvalue weighted by Gasteiger charge is 2.23. The summed E-state index contributed by atoms with van der Waals surface area (Å²) in [7, 11) is 2.01. The lowest BCUT2D eigenvalue weighted by Gasteiger charge is -2.28. The molecule has 1 aliphatic rings. The molecule has 0 aromatic rings. The lowest BCUT2D eigenvalue weighted by atomic mass is 9.84. The molecule has 0 fully saturated rings. The second-order valence-corrected chi connectivity index (χ2v) is 4.11. The maximum absolute atomic E-state index is 4.22. The molecule has 0 saturated heterocycles. The number of allylic oxidation sites excluding steroid dienone is 1. The van der Waals surface area contributed by atoms with Gasteiger partial charge < -0.3 is 5.32 Å². The first-order valence-corrected chi connectivity index (χ1v) is 5.61. The van der Waals surface area contributed by atoms with Gasteiger partial charge in [-0.3, -0.25) is 4.99 Å². The molecular formula is C12H22N2. The molecule has 1 aliphatic carbocycles. The SMILES string of the molecule is C=NC1=C([C@@H](C)CC)CCC[C@@H]1NC. The Morgan fingerprint density at radius 2 is 2.36 bits per heavy atom. The van der Waals surface area contributed by atoms with Crippen LogP contribution in [0.2, 0.25) is 0 Å². The predicted octanol–water partition coefficient (Wildman–Crippen LogP) is 2.76. The van der Waals surface area contributed by atoms with Crippen LogP contribution in [-0.4, -0.2) is 19.8 Å². The van der Waals surface area contributed by atoms with Crippen LogP contribution in [0.5, 0.6) is 0 Å². The second-order valence-electron chi connectivity index (χ2n) is 4.11. The number of nitrogens with one attached hydrogen (secondary N) is 1. The smallest absolute Gasteiger partial charge is 0.0560 e. The van der Waals surface area contributed by atoms with Crippen molar-refractivity contribution in [3.63, 3.8) is 0 Å².